The summed E-state index contributed by atoms with van der Waals surface area (Å²) in [6, 6.07) is 8.01. The number of urea groups is 1. The highest BCUT2D eigenvalue weighted by Gasteiger charge is 2.16. The molecule has 2 aromatic rings. The molecule has 0 fully saturated rings. The Bertz CT molecular complexity index is 654. The Hall–Kier alpha value is -2.05. The number of anilines is 1. The average molecular weight is 296 g/mol. The van der Waals surface area contributed by atoms with Crippen LogP contribution in [0.15, 0.2) is 30.3 Å². The molecule has 0 aliphatic rings. The second kappa shape index (κ2) is 5.29. The van der Waals surface area contributed by atoms with E-state index in [0.29, 0.717) is 10.0 Å². The lowest BCUT2D eigenvalue weighted by molar-refractivity contribution is 0.100. The molecule has 1 aromatic heterocycles. The molecule has 3 amide bonds. The molecule has 19 heavy (non-hydrogen) atoms. The van der Waals surface area contributed by atoms with Crippen LogP contribution in [0, 0.1) is 0 Å². The van der Waals surface area contributed by atoms with Crippen molar-refractivity contribution < 1.29 is 9.59 Å². The normalized spacial score (nSPS) is 10.2. The number of nitrogens with two attached hydrogens (primary N) is 2. The van der Waals surface area contributed by atoms with E-state index in [-0.39, 0.29) is 5.56 Å². The third-order valence-electron chi connectivity index (χ3n) is 2.37. The van der Waals surface area contributed by atoms with Gasteiger partial charge in [-0.15, -0.1) is 11.3 Å². The average Bonchev–Trinajstić information content (AvgIpc) is 2.72. The van der Waals surface area contributed by atoms with Crippen molar-refractivity contribution in [3.8, 4) is 10.4 Å². The monoisotopic (exact) mass is 295 g/mol. The Morgan fingerprint density at radius 3 is 2.47 bits per heavy atom. The molecule has 1 heterocycles. The number of amides is 3. The summed E-state index contributed by atoms with van der Waals surface area (Å²) in [5.41, 5.74) is 11.3. The summed E-state index contributed by atoms with van der Waals surface area (Å²) in [6.07, 6.45) is 0. The van der Waals surface area contributed by atoms with E-state index in [1.165, 1.54) is 11.3 Å². The first kappa shape index (κ1) is 13.4. The fourth-order valence-electron chi connectivity index (χ4n) is 1.57. The van der Waals surface area contributed by atoms with Crippen LogP contribution in [0.2, 0.25) is 5.02 Å². The molecule has 2 rings (SSSR count). The van der Waals surface area contributed by atoms with Gasteiger partial charge in [-0.05, 0) is 12.1 Å². The van der Waals surface area contributed by atoms with Crippen molar-refractivity contribution in [2.24, 2.45) is 11.5 Å². The molecule has 1 aromatic carbocycles. The number of hydrogen-bond acceptors (Lipinski definition) is 3. The van der Waals surface area contributed by atoms with Crippen molar-refractivity contribution >= 4 is 39.9 Å². The molecule has 7 heteroatoms. The van der Waals surface area contributed by atoms with E-state index in [4.69, 9.17) is 23.1 Å². The minimum atomic E-state index is -0.755. The smallest absolute Gasteiger partial charge is 0.317 e. The highest BCUT2D eigenvalue weighted by molar-refractivity contribution is 7.20. The summed E-state index contributed by atoms with van der Waals surface area (Å²) in [5.74, 6) is -0.640. The number of benzene rings is 1. The number of thiophene rings is 1. The summed E-state index contributed by atoms with van der Waals surface area (Å²) >= 11 is 7.27. The van der Waals surface area contributed by atoms with Gasteiger partial charge in [-0.2, -0.15) is 0 Å². The van der Waals surface area contributed by atoms with Gasteiger partial charge >= 0.3 is 6.03 Å². The van der Waals surface area contributed by atoms with E-state index in [0.717, 1.165) is 10.4 Å². The summed E-state index contributed by atoms with van der Waals surface area (Å²) in [6.45, 7) is 0. The third-order valence-corrected chi connectivity index (χ3v) is 3.79. The molecule has 0 aliphatic carbocycles. The van der Waals surface area contributed by atoms with Crippen LogP contribution < -0.4 is 16.8 Å². The zero-order valence-corrected chi connectivity index (χ0v) is 11.2. The topological polar surface area (TPSA) is 98.2 Å². The minimum absolute atomic E-state index is 0.207. The minimum Gasteiger partial charge on any atom is -0.366 e. The Morgan fingerprint density at radius 1 is 1.21 bits per heavy atom. The van der Waals surface area contributed by atoms with Crippen LogP contribution in [-0.4, -0.2) is 11.9 Å². The molecule has 98 valence electrons. The molecule has 0 aliphatic heterocycles. The van der Waals surface area contributed by atoms with E-state index < -0.39 is 11.9 Å². The van der Waals surface area contributed by atoms with Crippen molar-refractivity contribution in [3.63, 3.8) is 0 Å². The first-order chi connectivity index (χ1) is 8.99. The van der Waals surface area contributed by atoms with Gasteiger partial charge in [0.1, 0.15) is 5.00 Å². The Labute approximate surface area is 118 Å². The molecule has 0 radical (unpaired) electrons. The lowest BCUT2D eigenvalue weighted by atomic mass is 10.1. The van der Waals surface area contributed by atoms with Gasteiger partial charge in [0.05, 0.1) is 5.56 Å². The maximum Gasteiger partial charge on any atom is 0.317 e. The zero-order valence-electron chi connectivity index (χ0n) is 9.64. The van der Waals surface area contributed by atoms with Crippen molar-refractivity contribution in [1.29, 1.82) is 0 Å². The van der Waals surface area contributed by atoms with Gasteiger partial charge in [0.25, 0.3) is 5.91 Å². The van der Waals surface area contributed by atoms with Crippen LogP contribution in [0.1, 0.15) is 10.4 Å². The number of halogens is 1. The molecule has 5 N–H and O–H groups in total. The molecule has 0 atom stereocenters. The summed E-state index contributed by atoms with van der Waals surface area (Å²) in [4.78, 5) is 23.0. The SMILES string of the molecule is NC(=O)Nc1sc(-c2ccccc2Cl)cc1C(N)=O. The first-order valence-corrected chi connectivity index (χ1v) is 6.43. The van der Waals surface area contributed by atoms with Crippen molar-refractivity contribution in [3.05, 3.63) is 40.9 Å². The number of nitrogens with one attached hydrogen (secondary N) is 1. The summed E-state index contributed by atoms with van der Waals surface area (Å²) < 4.78 is 0. The van der Waals surface area contributed by atoms with Gasteiger partial charge in [0.15, 0.2) is 0 Å². The molecule has 0 saturated heterocycles. The maximum absolute atomic E-state index is 11.3. The van der Waals surface area contributed by atoms with Crippen molar-refractivity contribution in [1.82, 2.24) is 0 Å². The predicted molar refractivity (Wildman–Crippen MR) is 76.5 cm³/mol. The second-order valence-corrected chi connectivity index (χ2v) is 5.15. The third kappa shape index (κ3) is 2.86. The van der Waals surface area contributed by atoms with Crippen LogP contribution in [0.5, 0.6) is 0 Å². The van der Waals surface area contributed by atoms with E-state index in [1.54, 1.807) is 18.2 Å². The second-order valence-electron chi connectivity index (χ2n) is 3.69. The lowest BCUT2D eigenvalue weighted by Crippen LogP contribution is -2.21. The predicted octanol–water partition coefficient (Wildman–Crippen LogP) is 2.66. The fourth-order valence-corrected chi connectivity index (χ4v) is 2.97. The van der Waals surface area contributed by atoms with Crippen LogP contribution in [0.4, 0.5) is 9.80 Å². The van der Waals surface area contributed by atoms with Gasteiger partial charge in [0.2, 0.25) is 0 Å². The molecule has 5 nitrogen and oxygen atoms in total. The van der Waals surface area contributed by atoms with Gasteiger partial charge < -0.3 is 11.5 Å². The zero-order chi connectivity index (χ0) is 14.0. The van der Waals surface area contributed by atoms with Crippen molar-refractivity contribution in [2.45, 2.75) is 0 Å². The summed E-state index contributed by atoms with van der Waals surface area (Å²) in [7, 11) is 0. The Kier molecular flexibility index (Phi) is 3.73. The van der Waals surface area contributed by atoms with Gasteiger partial charge in [-0.1, -0.05) is 29.8 Å². The number of carbonyl (C=O) groups excluding carboxylic acids is 2. The van der Waals surface area contributed by atoms with Crippen LogP contribution >= 0.6 is 22.9 Å². The molecular formula is C12H10ClN3O2S. The highest BCUT2D eigenvalue weighted by atomic mass is 35.5. The number of carbonyl (C=O) groups is 2. The van der Waals surface area contributed by atoms with Gasteiger partial charge in [-0.3, -0.25) is 10.1 Å². The number of hydrogen-bond donors (Lipinski definition) is 3. The Balaban J connectivity index is 2.52. The quantitative estimate of drug-likeness (QED) is 0.811. The van der Waals surface area contributed by atoms with E-state index in [1.807, 2.05) is 12.1 Å². The Morgan fingerprint density at radius 2 is 1.89 bits per heavy atom. The van der Waals surface area contributed by atoms with E-state index in [2.05, 4.69) is 5.32 Å². The van der Waals surface area contributed by atoms with Crippen LogP contribution in [-0.2, 0) is 0 Å². The van der Waals surface area contributed by atoms with Gasteiger partial charge in [0, 0.05) is 15.5 Å². The van der Waals surface area contributed by atoms with Crippen molar-refractivity contribution in [2.75, 3.05) is 5.32 Å². The largest absolute Gasteiger partial charge is 0.366 e. The summed E-state index contributed by atoms with van der Waals surface area (Å²) in [5, 5.41) is 3.24. The maximum atomic E-state index is 11.3. The molecule has 0 bridgehead atoms. The lowest BCUT2D eigenvalue weighted by Gasteiger charge is -2.00. The number of rotatable bonds is 3. The van der Waals surface area contributed by atoms with Crippen LogP contribution in [0.3, 0.4) is 0 Å². The standard InChI is InChI=1S/C12H10ClN3O2S/c13-8-4-2-1-3-6(8)9-5-7(10(14)17)11(19-9)16-12(15)18/h1-5H,(H2,14,17)(H3,15,16,18). The molecular weight excluding hydrogens is 286 g/mol. The van der Waals surface area contributed by atoms with E-state index in [9.17, 15) is 9.59 Å². The van der Waals surface area contributed by atoms with Gasteiger partial charge in [-0.25, -0.2) is 4.79 Å². The molecule has 0 unspecified atom stereocenters. The number of primary amides is 2. The first-order valence-electron chi connectivity index (χ1n) is 5.24. The van der Waals surface area contributed by atoms with E-state index >= 15 is 0 Å². The molecule has 0 saturated carbocycles. The fraction of sp³-hybridized carbons (Fsp3) is 0. The van der Waals surface area contributed by atoms with Crippen LogP contribution in [0.25, 0.3) is 10.4 Å². The molecule has 0 spiro atoms. The highest BCUT2D eigenvalue weighted by Crippen LogP contribution is 2.38.